The van der Waals surface area contributed by atoms with E-state index in [4.69, 9.17) is 9.47 Å². The van der Waals surface area contributed by atoms with E-state index in [1.807, 2.05) is 0 Å². The quantitative estimate of drug-likeness (QED) is 0.215. The van der Waals surface area contributed by atoms with Gasteiger partial charge >= 0.3 is 17.9 Å². The first-order valence-corrected chi connectivity index (χ1v) is 12.0. The van der Waals surface area contributed by atoms with Crippen molar-refractivity contribution in [1.29, 1.82) is 0 Å². The Morgan fingerprint density at radius 3 is 2.03 bits per heavy atom. The van der Waals surface area contributed by atoms with Crippen LogP contribution in [0.4, 0.5) is 0 Å². The topological polar surface area (TPSA) is 160 Å². The molecule has 0 amide bonds. The lowest BCUT2D eigenvalue weighted by Crippen LogP contribution is -2.44. The normalized spacial score (nSPS) is 34.1. The average Bonchev–Trinajstić information content (AvgIpc) is 2.77. The third kappa shape index (κ3) is 7.13. The minimum absolute atomic E-state index is 0.0190. The number of hydrogen-bond donors (Lipinski definition) is 4. The van der Waals surface area contributed by atoms with Gasteiger partial charge in [0.25, 0.3) is 0 Å². The largest absolute Gasteiger partial charge is 0.481 e. The standard InChI is InChI=1S/C24H42O10/c1-5-23(18(27)28)10-14-33-20(30)24(6-2,8-12-26)15-21(3,17-34-31)9-13-32-19(29)22(4,16-23)7-11-25/h25-26,31H,5-17H2,1-4H3,(H,27,28). The molecular weight excluding hydrogens is 448 g/mol. The highest BCUT2D eigenvalue weighted by Crippen LogP contribution is 2.46. The second kappa shape index (κ2) is 12.8. The lowest BCUT2D eigenvalue weighted by molar-refractivity contribution is -0.265. The van der Waals surface area contributed by atoms with E-state index in [-0.39, 0.29) is 78.0 Å². The van der Waals surface area contributed by atoms with Crippen LogP contribution in [0, 0.1) is 21.7 Å². The Bertz CT molecular complexity index is 697. The summed E-state index contributed by atoms with van der Waals surface area (Å²) in [5.41, 5.74) is -4.49. The smallest absolute Gasteiger partial charge is 0.312 e. The van der Waals surface area contributed by atoms with Gasteiger partial charge in [-0.2, -0.15) is 0 Å². The number of carbonyl (C=O) groups is 3. The van der Waals surface area contributed by atoms with Gasteiger partial charge in [-0.3, -0.25) is 19.6 Å². The molecule has 4 atom stereocenters. The molecule has 0 aliphatic carbocycles. The van der Waals surface area contributed by atoms with Gasteiger partial charge < -0.3 is 24.8 Å². The van der Waals surface area contributed by atoms with Crippen LogP contribution in [0.1, 0.15) is 79.1 Å². The van der Waals surface area contributed by atoms with Crippen molar-refractivity contribution in [2.45, 2.75) is 79.1 Å². The Kier molecular flexibility index (Phi) is 11.4. The second-order valence-electron chi connectivity index (χ2n) is 10.3. The number of carbonyl (C=O) groups excluding carboxylic acids is 2. The molecule has 10 heteroatoms. The van der Waals surface area contributed by atoms with Gasteiger partial charge in [-0.1, -0.05) is 20.8 Å². The van der Waals surface area contributed by atoms with Gasteiger partial charge in [0.15, 0.2) is 0 Å². The molecule has 0 aromatic carbocycles. The zero-order valence-electron chi connectivity index (χ0n) is 20.9. The number of aliphatic hydroxyl groups excluding tert-OH is 2. The van der Waals surface area contributed by atoms with Crippen LogP contribution >= 0.6 is 0 Å². The van der Waals surface area contributed by atoms with Gasteiger partial charge in [-0.15, -0.1) is 0 Å². The molecule has 34 heavy (non-hydrogen) atoms. The van der Waals surface area contributed by atoms with Crippen molar-refractivity contribution in [3.05, 3.63) is 0 Å². The number of carboxylic acid groups (broad SMARTS) is 1. The Hall–Kier alpha value is -1.75. The average molecular weight is 491 g/mol. The van der Waals surface area contributed by atoms with Crippen LogP contribution in [0.3, 0.4) is 0 Å². The van der Waals surface area contributed by atoms with Crippen LogP contribution < -0.4 is 0 Å². The van der Waals surface area contributed by atoms with Crippen molar-refractivity contribution in [3.8, 4) is 0 Å². The zero-order valence-corrected chi connectivity index (χ0v) is 20.9. The highest BCUT2D eigenvalue weighted by molar-refractivity contribution is 5.80. The zero-order chi connectivity index (χ0) is 26.0. The van der Waals surface area contributed by atoms with Gasteiger partial charge in [-0.25, -0.2) is 4.89 Å². The number of hydrogen-bond acceptors (Lipinski definition) is 9. The summed E-state index contributed by atoms with van der Waals surface area (Å²) in [6, 6.07) is 0. The Morgan fingerprint density at radius 1 is 0.941 bits per heavy atom. The molecular formula is C24H42O10. The van der Waals surface area contributed by atoms with E-state index in [9.17, 15) is 35.0 Å². The van der Waals surface area contributed by atoms with Crippen molar-refractivity contribution in [3.63, 3.8) is 0 Å². The number of carboxylic acids is 1. The lowest BCUT2D eigenvalue weighted by Gasteiger charge is -2.41. The number of rotatable bonds is 9. The molecule has 1 rings (SSSR count). The molecule has 1 saturated heterocycles. The molecule has 0 aromatic heterocycles. The summed E-state index contributed by atoms with van der Waals surface area (Å²) in [6.07, 6.45) is 1.01. The van der Waals surface area contributed by atoms with Crippen LogP contribution in [0.2, 0.25) is 0 Å². The van der Waals surface area contributed by atoms with Gasteiger partial charge in [0.2, 0.25) is 0 Å². The number of esters is 2. The molecule has 0 saturated carbocycles. The summed E-state index contributed by atoms with van der Waals surface area (Å²) in [6.45, 7) is 5.92. The third-order valence-electron chi connectivity index (χ3n) is 7.65. The van der Waals surface area contributed by atoms with Crippen molar-refractivity contribution in [1.82, 2.24) is 0 Å². The second-order valence-corrected chi connectivity index (χ2v) is 10.3. The monoisotopic (exact) mass is 490 g/mol. The van der Waals surface area contributed by atoms with Crippen LogP contribution in [-0.4, -0.2) is 71.5 Å². The Balaban J connectivity index is 3.47. The summed E-state index contributed by atoms with van der Waals surface area (Å²) in [5.74, 6) is -2.27. The SMILES string of the molecule is CCC1(C(=O)O)CCOC(=O)C(CC)(CCO)CC(C)(COO)CCOC(=O)C(C)(CCO)C1. The Labute approximate surface area is 201 Å². The van der Waals surface area contributed by atoms with Crippen LogP contribution in [0.5, 0.6) is 0 Å². The molecule has 0 aromatic rings. The molecule has 198 valence electrons. The van der Waals surface area contributed by atoms with Gasteiger partial charge in [0, 0.05) is 13.2 Å². The number of aliphatic hydroxyl groups is 2. The first-order chi connectivity index (χ1) is 15.9. The molecule has 1 aliphatic heterocycles. The van der Waals surface area contributed by atoms with Crippen molar-refractivity contribution in [2.24, 2.45) is 21.7 Å². The predicted octanol–water partition coefficient (Wildman–Crippen LogP) is 2.79. The lowest BCUT2D eigenvalue weighted by atomic mass is 9.66. The maximum absolute atomic E-state index is 13.3. The molecule has 0 bridgehead atoms. The van der Waals surface area contributed by atoms with E-state index in [2.05, 4.69) is 4.89 Å². The summed E-state index contributed by atoms with van der Waals surface area (Å²) in [7, 11) is 0. The van der Waals surface area contributed by atoms with Gasteiger partial charge in [0.1, 0.15) is 0 Å². The van der Waals surface area contributed by atoms with Crippen molar-refractivity contribution >= 4 is 17.9 Å². The van der Waals surface area contributed by atoms with E-state index < -0.39 is 39.6 Å². The van der Waals surface area contributed by atoms with Crippen LogP contribution in [0.15, 0.2) is 0 Å². The number of cyclic esters (lactones) is 2. The molecule has 1 fully saturated rings. The first kappa shape index (κ1) is 30.3. The number of ether oxygens (including phenoxy) is 2. The molecule has 1 aliphatic rings. The molecule has 4 unspecified atom stereocenters. The van der Waals surface area contributed by atoms with E-state index >= 15 is 0 Å². The maximum Gasteiger partial charge on any atom is 0.312 e. The van der Waals surface area contributed by atoms with Crippen LogP contribution in [-0.2, 0) is 28.7 Å². The summed E-state index contributed by atoms with van der Waals surface area (Å²) in [4.78, 5) is 43.1. The van der Waals surface area contributed by atoms with Crippen molar-refractivity contribution in [2.75, 3.05) is 33.0 Å². The minimum atomic E-state index is -1.36. The Morgan fingerprint density at radius 2 is 1.53 bits per heavy atom. The molecule has 0 spiro atoms. The van der Waals surface area contributed by atoms with E-state index in [1.54, 1.807) is 27.7 Å². The first-order valence-electron chi connectivity index (χ1n) is 12.0. The van der Waals surface area contributed by atoms with Crippen LogP contribution in [0.25, 0.3) is 0 Å². The summed E-state index contributed by atoms with van der Waals surface area (Å²) >= 11 is 0. The fourth-order valence-electron chi connectivity index (χ4n) is 5.14. The van der Waals surface area contributed by atoms with Gasteiger partial charge in [0.05, 0.1) is 36.1 Å². The fraction of sp³-hybridized carbons (Fsp3) is 0.875. The van der Waals surface area contributed by atoms with Crippen molar-refractivity contribution < 1.29 is 49.3 Å². The highest BCUT2D eigenvalue weighted by atomic mass is 17.1. The van der Waals surface area contributed by atoms with Gasteiger partial charge in [-0.05, 0) is 63.7 Å². The summed E-state index contributed by atoms with van der Waals surface area (Å²) < 4.78 is 11.2. The van der Waals surface area contributed by atoms with E-state index in [0.717, 1.165) is 0 Å². The van der Waals surface area contributed by atoms with E-state index in [1.165, 1.54) is 0 Å². The predicted molar refractivity (Wildman–Crippen MR) is 122 cm³/mol. The van der Waals surface area contributed by atoms with E-state index in [0.29, 0.717) is 6.42 Å². The fourth-order valence-corrected chi connectivity index (χ4v) is 5.14. The summed E-state index contributed by atoms with van der Waals surface area (Å²) in [5, 5.41) is 38.5. The maximum atomic E-state index is 13.3. The minimum Gasteiger partial charge on any atom is -0.481 e. The number of aliphatic carboxylic acids is 1. The highest BCUT2D eigenvalue weighted by Gasteiger charge is 2.49. The molecule has 1 heterocycles. The molecule has 0 radical (unpaired) electrons. The third-order valence-corrected chi connectivity index (χ3v) is 7.65. The molecule has 4 N–H and O–H groups in total. The molecule has 10 nitrogen and oxygen atoms in total.